The minimum atomic E-state index is -3.54. The Hall–Kier alpha value is -1.44. The fourth-order valence-corrected chi connectivity index (χ4v) is 4.01. The van der Waals surface area contributed by atoms with E-state index in [1.807, 2.05) is 0 Å². The van der Waals surface area contributed by atoms with Gasteiger partial charge in [-0.25, -0.2) is 8.42 Å². The summed E-state index contributed by atoms with van der Waals surface area (Å²) >= 11 is 0. The van der Waals surface area contributed by atoms with Gasteiger partial charge >= 0.3 is 0 Å². The highest BCUT2D eigenvalue weighted by atomic mass is 32.2. The number of carbonyl (C=O) groups is 1. The third kappa shape index (κ3) is 3.81. The monoisotopic (exact) mass is 312 g/mol. The highest BCUT2D eigenvalue weighted by molar-refractivity contribution is 7.89. The van der Waals surface area contributed by atoms with Crippen molar-refractivity contribution in [2.24, 2.45) is 5.92 Å². The Morgan fingerprint density at radius 2 is 2.05 bits per heavy atom. The molecule has 7 heteroatoms. The molecule has 1 aromatic rings. The lowest BCUT2D eigenvalue weighted by atomic mass is 10.0. The van der Waals surface area contributed by atoms with E-state index in [1.54, 1.807) is 12.1 Å². The molecule has 2 rings (SSSR count). The first-order chi connectivity index (χ1) is 9.93. The van der Waals surface area contributed by atoms with Crippen molar-refractivity contribution in [3.8, 4) is 0 Å². The summed E-state index contributed by atoms with van der Waals surface area (Å²) in [5.74, 6) is -0.195. The van der Waals surface area contributed by atoms with Crippen LogP contribution in [0.2, 0.25) is 0 Å². The fourth-order valence-electron chi connectivity index (χ4n) is 2.46. The Morgan fingerprint density at radius 1 is 1.38 bits per heavy atom. The number of nitrogens with zero attached hydrogens (tertiary/aromatic N) is 1. The zero-order valence-corrected chi connectivity index (χ0v) is 12.8. The Morgan fingerprint density at radius 3 is 2.62 bits per heavy atom. The average Bonchev–Trinajstić information content (AvgIpc) is 2.47. The van der Waals surface area contributed by atoms with Gasteiger partial charge in [-0.05, 0) is 43.0 Å². The van der Waals surface area contributed by atoms with Gasteiger partial charge in [0.25, 0.3) is 0 Å². The summed E-state index contributed by atoms with van der Waals surface area (Å²) < 4.78 is 26.5. The number of amides is 1. The molecule has 0 unspecified atom stereocenters. The normalized spacial score (nSPS) is 20.2. The fraction of sp³-hybridized carbons (Fsp3) is 0.500. The van der Waals surface area contributed by atoms with Crippen molar-refractivity contribution >= 4 is 21.6 Å². The van der Waals surface area contributed by atoms with Crippen LogP contribution in [-0.4, -0.2) is 43.4 Å². The minimum Gasteiger partial charge on any atom is -0.396 e. The molecule has 21 heavy (non-hydrogen) atoms. The number of carbonyl (C=O) groups excluding carboxylic acids is 1. The van der Waals surface area contributed by atoms with Crippen LogP contribution in [0.3, 0.4) is 0 Å². The third-order valence-electron chi connectivity index (χ3n) is 3.55. The molecule has 116 valence electrons. The lowest BCUT2D eigenvalue weighted by Crippen LogP contribution is -2.40. The Balaban J connectivity index is 2.17. The number of aliphatic hydroxyl groups is 1. The van der Waals surface area contributed by atoms with Crippen molar-refractivity contribution < 1.29 is 18.3 Å². The molecule has 1 saturated heterocycles. The topological polar surface area (TPSA) is 86.7 Å². The van der Waals surface area contributed by atoms with Crippen LogP contribution in [0.25, 0.3) is 0 Å². The smallest absolute Gasteiger partial charge is 0.243 e. The number of anilines is 1. The Kier molecular flexibility index (Phi) is 4.97. The van der Waals surface area contributed by atoms with Gasteiger partial charge in [0.05, 0.1) is 4.90 Å². The zero-order valence-electron chi connectivity index (χ0n) is 11.9. The van der Waals surface area contributed by atoms with Crippen molar-refractivity contribution in [1.82, 2.24) is 4.31 Å². The first kappa shape index (κ1) is 15.9. The first-order valence-electron chi connectivity index (χ1n) is 6.92. The van der Waals surface area contributed by atoms with Gasteiger partial charge in [-0.2, -0.15) is 4.31 Å². The Bertz CT molecular complexity index is 598. The van der Waals surface area contributed by atoms with E-state index in [-0.39, 0.29) is 23.3 Å². The second kappa shape index (κ2) is 6.55. The molecule has 0 spiro atoms. The van der Waals surface area contributed by atoms with E-state index in [1.165, 1.54) is 23.4 Å². The predicted octanol–water partition coefficient (Wildman–Crippen LogP) is 1.04. The number of aliphatic hydroxyl groups excluding tert-OH is 1. The van der Waals surface area contributed by atoms with E-state index < -0.39 is 10.0 Å². The minimum absolute atomic E-state index is 0.00665. The molecule has 6 nitrogen and oxygen atoms in total. The molecular weight excluding hydrogens is 292 g/mol. The van der Waals surface area contributed by atoms with Crippen LogP contribution in [-0.2, 0) is 14.8 Å². The van der Waals surface area contributed by atoms with Gasteiger partial charge in [0.1, 0.15) is 0 Å². The molecule has 0 aromatic heterocycles. The molecular formula is C14H20N2O4S. The van der Waals surface area contributed by atoms with Gasteiger partial charge < -0.3 is 10.4 Å². The molecule has 1 atom stereocenters. The maximum absolute atomic E-state index is 12.5. The average molecular weight is 312 g/mol. The van der Waals surface area contributed by atoms with Gasteiger partial charge in [-0.1, -0.05) is 0 Å². The molecule has 1 fully saturated rings. The standard InChI is InChI=1S/C14H20N2O4S/c1-11(18)15-13-4-6-14(7-5-13)21(19,20)16-8-2-3-12(9-16)10-17/h4-7,12,17H,2-3,8-10H2,1H3,(H,15,18)/t12-/m0/s1. The first-order valence-corrected chi connectivity index (χ1v) is 8.36. The molecule has 1 heterocycles. The summed E-state index contributed by atoms with van der Waals surface area (Å²) in [7, 11) is -3.54. The molecule has 1 amide bonds. The van der Waals surface area contributed by atoms with Crippen LogP contribution < -0.4 is 5.32 Å². The Labute approximate surface area is 124 Å². The predicted molar refractivity (Wildman–Crippen MR) is 79.3 cm³/mol. The summed E-state index contributed by atoms with van der Waals surface area (Å²) in [5, 5.41) is 11.8. The second-order valence-electron chi connectivity index (χ2n) is 5.26. The summed E-state index contributed by atoms with van der Waals surface area (Å²) in [6, 6.07) is 6.12. The summed E-state index contributed by atoms with van der Waals surface area (Å²) in [6.45, 7) is 2.24. The number of hydrogen-bond acceptors (Lipinski definition) is 4. The molecule has 0 aliphatic carbocycles. The van der Waals surface area contributed by atoms with Crippen molar-refractivity contribution in [3.05, 3.63) is 24.3 Å². The van der Waals surface area contributed by atoms with Crippen molar-refractivity contribution in [3.63, 3.8) is 0 Å². The van der Waals surface area contributed by atoms with Crippen molar-refractivity contribution in [2.75, 3.05) is 25.0 Å². The van der Waals surface area contributed by atoms with E-state index in [9.17, 15) is 18.3 Å². The van der Waals surface area contributed by atoms with E-state index >= 15 is 0 Å². The number of piperidine rings is 1. The lowest BCUT2D eigenvalue weighted by molar-refractivity contribution is -0.114. The van der Waals surface area contributed by atoms with Crippen LogP contribution in [0.4, 0.5) is 5.69 Å². The summed E-state index contributed by atoms with van der Waals surface area (Å²) in [5.41, 5.74) is 0.563. The molecule has 0 bridgehead atoms. The molecule has 1 aromatic carbocycles. The highest BCUT2D eigenvalue weighted by Crippen LogP contribution is 2.24. The van der Waals surface area contributed by atoms with E-state index in [4.69, 9.17) is 0 Å². The molecule has 1 aliphatic heterocycles. The van der Waals surface area contributed by atoms with Gasteiger partial charge in [-0.15, -0.1) is 0 Å². The molecule has 0 radical (unpaired) electrons. The van der Waals surface area contributed by atoms with E-state index in [2.05, 4.69) is 5.32 Å². The quantitative estimate of drug-likeness (QED) is 0.869. The van der Waals surface area contributed by atoms with Crippen LogP contribution in [0.15, 0.2) is 29.2 Å². The summed E-state index contributed by atoms with van der Waals surface area (Å²) in [4.78, 5) is 11.2. The molecule has 1 aliphatic rings. The largest absolute Gasteiger partial charge is 0.396 e. The highest BCUT2D eigenvalue weighted by Gasteiger charge is 2.29. The number of hydrogen-bond donors (Lipinski definition) is 2. The number of nitrogens with one attached hydrogen (secondary N) is 1. The number of rotatable bonds is 4. The number of benzene rings is 1. The maximum atomic E-state index is 12.5. The van der Waals surface area contributed by atoms with Gasteiger partial charge in [-0.3, -0.25) is 4.79 Å². The zero-order chi connectivity index (χ0) is 15.5. The van der Waals surface area contributed by atoms with Crippen LogP contribution in [0.5, 0.6) is 0 Å². The molecule has 2 N–H and O–H groups in total. The van der Waals surface area contributed by atoms with Crippen LogP contribution >= 0.6 is 0 Å². The van der Waals surface area contributed by atoms with Crippen molar-refractivity contribution in [1.29, 1.82) is 0 Å². The van der Waals surface area contributed by atoms with Gasteiger partial charge in [0.2, 0.25) is 15.9 Å². The van der Waals surface area contributed by atoms with Crippen molar-refractivity contribution in [2.45, 2.75) is 24.7 Å². The third-order valence-corrected chi connectivity index (χ3v) is 5.43. The van der Waals surface area contributed by atoms with Gasteiger partial charge in [0.15, 0.2) is 0 Å². The maximum Gasteiger partial charge on any atom is 0.243 e. The van der Waals surface area contributed by atoms with Crippen LogP contribution in [0.1, 0.15) is 19.8 Å². The van der Waals surface area contributed by atoms with Gasteiger partial charge in [0, 0.05) is 32.3 Å². The lowest BCUT2D eigenvalue weighted by Gasteiger charge is -2.30. The number of sulfonamides is 1. The molecule has 0 saturated carbocycles. The van der Waals surface area contributed by atoms with E-state index in [0.717, 1.165) is 12.8 Å². The second-order valence-corrected chi connectivity index (χ2v) is 7.20. The van der Waals surface area contributed by atoms with Crippen LogP contribution in [0, 0.1) is 5.92 Å². The SMILES string of the molecule is CC(=O)Nc1ccc(S(=O)(=O)N2CCC[C@H](CO)C2)cc1. The van der Waals surface area contributed by atoms with E-state index in [0.29, 0.717) is 18.8 Å². The summed E-state index contributed by atoms with van der Waals surface area (Å²) in [6.07, 6.45) is 1.61.